The summed E-state index contributed by atoms with van der Waals surface area (Å²) in [7, 11) is 1.90. The van der Waals surface area contributed by atoms with Gasteiger partial charge in [-0.05, 0) is 60.7 Å². The van der Waals surface area contributed by atoms with E-state index in [1.807, 2.05) is 7.05 Å². The Balaban J connectivity index is 1.48. The first-order valence-electron chi connectivity index (χ1n) is 10.5. The van der Waals surface area contributed by atoms with Crippen LogP contribution in [0.5, 0.6) is 0 Å². The number of nitrogens with one attached hydrogen (secondary N) is 1. The van der Waals surface area contributed by atoms with Gasteiger partial charge in [-0.25, -0.2) is 4.98 Å². The smallest absolute Gasteiger partial charge is 0.182 e. The molecule has 0 bridgehead atoms. The number of hydrogen-bond acceptors (Lipinski definition) is 4. The van der Waals surface area contributed by atoms with Crippen LogP contribution < -0.4 is 5.32 Å². The second kappa shape index (κ2) is 6.04. The third-order valence-corrected chi connectivity index (χ3v) is 9.30. The van der Waals surface area contributed by atoms with Gasteiger partial charge in [-0.1, -0.05) is 37.6 Å². The van der Waals surface area contributed by atoms with E-state index in [9.17, 15) is 4.79 Å². The van der Waals surface area contributed by atoms with Crippen LogP contribution in [0.15, 0.2) is 29.2 Å². The molecule has 1 unspecified atom stereocenters. The molecule has 1 N–H and O–H groups in total. The fourth-order valence-corrected chi connectivity index (χ4v) is 7.60. The molecule has 4 heteroatoms. The van der Waals surface area contributed by atoms with Crippen LogP contribution >= 0.6 is 11.3 Å². The van der Waals surface area contributed by atoms with Gasteiger partial charge in [0.05, 0.1) is 11.6 Å². The zero-order valence-corrected chi connectivity index (χ0v) is 17.4. The zero-order valence-electron chi connectivity index (χ0n) is 16.6. The number of aromatic nitrogens is 1. The number of rotatable bonds is 2. The number of Topliss-reactive ketones (excluding diaryl/α,β-unsaturated/α-hetero) is 1. The standard InChI is InChI=1S/C23H30N2OS/c1-22-9-4-5-17(22)15-7-6-14-11-20(26)16(19-13-27-21(24-3)25-19)12-23(14,2)18(15)8-10-22/h4,6,9,13,15-18H,5,7-8,10-12H2,1-3H3,(H,24,25)/t15-,16?,17-,18-,22-,23-/m0/s1. The lowest BCUT2D eigenvalue weighted by Crippen LogP contribution is -2.50. The minimum absolute atomic E-state index is 0.0285. The summed E-state index contributed by atoms with van der Waals surface area (Å²) in [6, 6.07) is 0. The first-order chi connectivity index (χ1) is 12.9. The molecule has 5 rings (SSSR count). The van der Waals surface area contributed by atoms with Gasteiger partial charge in [-0.15, -0.1) is 11.3 Å². The molecule has 0 aliphatic heterocycles. The minimum atomic E-state index is -0.0285. The molecule has 0 radical (unpaired) electrons. The Morgan fingerprint density at radius 3 is 2.89 bits per heavy atom. The molecule has 0 saturated heterocycles. The third-order valence-electron chi connectivity index (χ3n) is 8.43. The second-order valence-electron chi connectivity index (χ2n) is 9.67. The molecule has 144 valence electrons. The Morgan fingerprint density at radius 1 is 1.26 bits per heavy atom. The average molecular weight is 383 g/mol. The summed E-state index contributed by atoms with van der Waals surface area (Å²) in [6.45, 7) is 4.94. The van der Waals surface area contributed by atoms with Crippen molar-refractivity contribution in [2.45, 2.75) is 58.3 Å². The van der Waals surface area contributed by atoms with E-state index in [-0.39, 0.29) is 11.3 Å². The number of fused-ring (bicyclic) bond motifs is 5. The Kier molecular flexibility index (Phi) is 3.95. The molecule has 2 fully saturated rings. The molecule has 27 heavy (non-hydrogen) atoms. The average Bonchev–Trinajstić information content (AvgIpc) is 3.27. The first kappa shape index (κ1) is 17.7. The maximum atomic E-state index is 13.0. The molecule has 3 nitrogen and oxygen atoms in total. The fraction of sp³-hybridized carbons (Fsp3) is 0.652. The summed E-state index contributed by atoms with van der Waals surface area (Å²) in [5, 5.41) is 6.12. The van der Waals surface area contributed by atoms with E-state index in [0.29, 0.717) is 23.5 Å². The Morgan fingerprint density at radius 2 is 2.11 bits per heavy atom. The summed E-state index contributed by atoms with van der Waals surface area (Å²) in [6.07, 6.45) is 14.0. The SMILES string of the molecule is CNc1nc(C2C[C@@]3(C)C(=CC[C@H]4[C@@H]5CC=C[C@@]5(C)CC[C@@H]43)CC2=O)cs1. The van der Waals surface area contributed by atoms with Gasteiger partial charge >= 0.3 is 0 Å². The molecule has 0 amide bonds. The van der Waals surface area contributed by atoms with Gasteiger partial charge in [-0.2, -0.15) is 0 Å². The van der Waals surface area contributed by atoms with Crippen LogP contribution in [0.1, 0.15) is 64.0 Å². The van der Waals surface area contributed by atoms with E-state index in [4.69, 9.17) is 4.98 Å². The van der Waals surface area contributed by atoms with E-state index in [1.165, 1.54) is 31.3 Å². The number of anilines is 1. The quantitative estimate of drug-likeness (QED) is 0.679. The minimum Gasteiger partial charge on any atom is -0.365 e. The van der Waals surface area contributed by atoms with Crippen molar-refractivity contribution in [2.75, 3.05) is 12.4 Å². The number of carbonyl (C=O) groups excluding carboxylic acids is 1. The highest BCUT2D eigenvalue weighted by atomic mass is 32.1. The van der Waals surface area contributed by atoms with Crippen molar-refractivity contribution in [3.63, 3.8) is 0 Å². The van der Waals surface area contributed by atoms with Crippen LogP contribution in [0.3, 0.4) is 0 Å². The summed E-state index contributed by atoms with van der Waals surface area (Å²) >= 11 is 1.61. The molecule has 2 saturated carbocycles. The normalized spacial score (nSPS) is 42.9. The topological polar surface area (TPSA) is 42.0 Å². The second-order valence-corrected chi connectivity index (χ2v) is 10.5. The van der Waals surface area contributed by atoms with Crippen molar-refractivity contribution in [2.24, 2.45) is 28.6 Å². The van der Waals surface area contributed by atoms with Gasteiger partial charge in [0.2, 0.25) is 0 Å². The summed E-state index contributed by atoms with van der Waals surface area (Å²) < 4.78 is 0. The van der Waals surface area contributed by atoms with Gasteiger partial charge < -0.3 is 5.32 Å². The predicted octanol–water partition coefficient (Wildman–Crippen LogP) is 5.58. The molecular formula is C23H30N2OS. The lowest BCUT2D eigenvalue weighted by Gasteiger charge is -2.57. The van der Waals surface area contributed by atoms with Gasteiger partial charge in [0.15, 0.2) is 5.13 Å². The van der Waals surface area contributed by atoms with Crippen molar-refractivity contribution in [1.29, 1.82) is 0 Å². The number of carbonyl (C=O) groups is 1. The molecule has 1 aromatic rings. The highest BCUT2D eigenvalue weighted by molar-refractivity contribution is 7.13. The van der Waals surface area contributed by atoms with E-state index in [0.717, 1.165) is 29.1 Å². The largest absolute Gasteiger partial charge is 0.365 e. The number of hydrogen-bond donors (Lipinski definition) is 1. The summed E-state index contributed by atoms with van der Waals surface area (Å²) in [5.41, 5.74) is 2.99. The summed E-state index contributed by atoms with van der Waals surface area (Å²) in [4.78, 5) is 17.7. The number of allylic oxidation sites excluding steroid dienone is 4. The van der Waals surface area contributed by atoms with Crippen LogP contribution in [0.4, 0.5) is 5.13 Å². The van der Waals surface area contributed by atoms with Crippen molar-refractivity contribution in [1.82, 2.24) is 4.98 Å². The van der Waals surface area contributed by atoms with E-state index in [1.54, 1.807) is 11.3 Å². The van der Waals surface area contributed by atoms with Crippen LogP contribution in [-0.4, -0.2) is 17.8 Å². The fourth-order valence-electron chi connectivity index (χ4n) is 6.88. The van der Waals surface area contributed by atoms with Crippen molar-refractivity contribution < 1.29 is 4.79 Å². The van der Waals surface area contributed by atoms with Crippen LogP contribution in [0, 0.1) is 28.6 Å². The van der Waals surface area contributed by atoms with Gasteiger partial charge in [0.25, 0.3) is 0 Å². The monoisotopic (exact) mass is 382 g/mol. The number of nitrogens with zero attached hydrogens (tertiary/aromatic N) is 1. The highest BCUT2D eigenvalue weighted by Crippen LogP contribution is 2.64. The Bertz CT molecular complexity index is 839. The number of thiazole rings is 1. The van der Waals surface area contributed by atoms with E-state index >= 15 is 0 Å². The third kappa shape index (κ3) is 2.52. The van der Waals surface area contributed by atoms with Crippen LogP contribution in [0.25, 0.3) is 0 Å². The maximum absolute atomic E-state index is 13.0. The summed E-state index contributed by atoms with van der Waals surface area (Å²) in [5.74, 6) is 2.61. The van der Waals surface area contributed by atoms with Crippen LogP contribution in [-0.2, 0) is 4.79 Å². The van der Waals surface area contributed by atoms with Crippen molar-refractivity contribution in [3.05, 3.63) is 34.9 Å². The lowest BCUT2D eigenvalue weighted by atomic mass is 9.47. The van der Waals surface area contributed by atoms with E-state index in [2.05, 4.69) is 42.8 Å². The van der Waals surface area contributed by atoms with Crippen molar-refractivity contribution >= 4 is 22.3 Å². The van der Waals surface area contributed by atoms with Gasteiger partial charge in [0, 0.05) is 18.8 Å². The highest BCUT2D eigenvalue weighted by Gasteiger charge is 2.56. The molecule has 1 heterocycles. The molecule has 4 aliphatic rings. The lowest BCUT2D eigenvalue weighted by molar-refractivity contribution is -0.124. The number of ketones is 1. The maximum Gasteiger partial charge on any atom is 0.182 e. The van der Waals surface area contributed by atoms with Gasteiger partial charge in [0.1, 0.15) is 5.78 Å². The van der Waals surface area contributed by atoms with Gasteiger partial charge in [-0.3, -0.25) is 4.79 Å². The predicted molar refractivity (Wildman–Crippen MR) is 111 cm³/mol. The Hall–Kier alpha value is -1.42. The molecule has 4 aliphatic carbocycles. The molecule has 0 spiro atoms. The molecule has 1 aromatic heterocycles. The molecule has 0 aromatic carbocycles. The molecular weight excluding hydrogens is 352 g/mol. The van der Waals surface area contributed by atoms with Crippen LogP contribution in [0.2, 0.25) is 0 Å². The van der Waals surface area contributed by atoms with E-state index < -0.39 is 0 Å². The van der Waals surface area contributed by atoms with Crippen molar-refractivity contribution in [3.8, 4) is 0 Å². The first-order valence-corrected chi connectivity index (χ1v) is 11.4. The Labute approximate surface area is 166 Å². The molecule has 6 atom stereocenters. The zero-order chi connectivity index (χ0) is 18.8.